The summed E-state index contributed by atoms with van der Waals surface area (Å²) >= 11 is 0. The molecule has 1 saturated heterocycles. The molecule has 4 atom stereocenters. The number of hydrogen-bond acceptors (Lipinski definition) is 3. The standard InChI is InChI=1S/C22H31NO3.CH2/c1-25-19-12-16(13-20(14-19)26-2)11-18-8-9-23(22(18)24)21-7-6-15-4-3-5-17(21)10-15;/h12-15,17-18,21H,3-11H2,1-2H3;1H2. The molecule has 2 saturated carbocycles. The monoisotopic (exact) mass is 371 g/mol. The highest BCUT2D eigenvalue weighted by Crippen LogP contribution is 2.43. The van der Waals surface area contributed by atoms with Crippen molar-refractivity contribution in [3.8, 4) is 11.5 Å². The first-order valence-corrected chi connectivity index (χ1v) is 10.2. The van der Waals surface area contributed by atoms with Crippen LogP contribution in [0.2, 0.25) is 0 Å². The molecule has 0 spiro atoms. The highest BCUT2D eigenvalue weighted by molar-refractivity contribution is 5.81. The van der Waals surface area contributed by atoms with Gasteiger partial charge in [0.1, 0.15) is 11.5 Å². The summed E-state index contributed by atoms with van der Waals surface area (Å²) in [5.74, 6) is 3.75. The average Bonchev–Trinajstić information content (AvgIpc) is 3.02. The molecule has 4 unspecified atom stereocenters. The molecular weight excluding hydrogens is 338 g/mol. The van der Waals surface area contributed by atoms with Gasteiger partial charge in [-0.15, -0.1) is 0 Å². The zero-order valence-electron chi connectivity index (χ0n) is 16.8. The van der Waals surface area contributed by atoms with Crippen LogP contribution in [0.3, 0.4) is 0 Å². The number of ether oxygens (including phenoxy) is 2. The van der Waals surface area contributed by atoms with Gasteiger partial charge in [-0.2, -0.15) is 0 Å². The first-order chi connectivity index (χ1) is 12.7. The fraction of sp³-hybridized carbons (Fsp3) is 0.652. The number of hydrogen-bond donors (Lipinski definition) is 0. The van der Waals surface area contributed by atoms with Crippen molar-refractivity contribution in [2.24, 2.45) is 17.8 Å². The number of carbonyl (C=O) groups excluding carboxylic acids is 1. The van der Waals surface area contributed by atoms with Gasteiger partial charge in [0.25, 0.3) is 0 Å². The highest BCUT2D eigenvalue weighted by atomic mass is 16.5. The Morgan fingerprint density at radius 1 is 1.00 bits per heavy atom. The van der Waals surface area contributed by atoms with Crippen molar-refractivity contribution in [1.29, 1.82) is 0 Å². The van der Waals surface area contributed by atoms with E-state index in [1.165, 1.54) is 38.5 Å². The Hall–Kier alpha value is -1.71. The Kier molecular flexibility index (Phi) is 6.33. The molecule has 4 rings (SSSR count). The number of rotatable bonds is 5. The van der Waals surface area contributed by atoms with E-state index in [0.717, 1.165) is 48.3 Å². The minimum atomic E-state index is 0. The molecule has 4 nitrogen and oxygen atoms in total. The van der Waals surface area contributed by atoms with Crippen LogP contribution < -0.4 is 9.47 Å². The predicted octanol–water partition coefficient (Wildman–Crippen LogP) is 4.39. The van der Waals surface area contributed by atoms with Crippen LogP contribution in [-0.4, -0.2) is 37.6 Å². The lowest BCUT2D eigenvalue weighted by Gasteiger charge is -2.44. The predicted molar refractivity (Wildman–Crippen MR) is 107 cm³/mol. The Morgan fingerprint density at radius 3 is 2.44 bits per heavy atom. The number of nitrogens with zero attached hydrogens (tertiary/aromatic N) is 1. The molecule has 4 heteroatoms. The fourth-order valence-corrected chi connectivity index (χ4v) is 5.55. The average molecular weight is 372 g/mol. The van der Waals surface area contributed by atoms with E-state index in [9.17, 15) is 4.79 Å². The van der Waals surface area contributed by atoms with Gasteiger partial charge in [-0.3, -0.25) is 4.79 Å². The van der Waals surface area contributed by atoms with Crippen molar-refractivity contribution in [1.82, 2.24) is 4.90 Å². The van der Waals surface area contributed by atoms with Crippen LogP contribution >= 0.6 is 0 Å². The number of likely N-dealkylation sites (tertiary alicyclic amines) is 1. The van der Waals surface area contributed by atoms with Gasteiger partial charge >= 0.3 is 0 Å². The SMILES string of the molecule is COc1cc(CC2CCN(C3CCC4CCCC3C4)C2=O)cc(OC)c1.[CH2]. The summed E-state index contributed by atoms with van der Waals surface area (Å²) in [6, 6.07) is 6.45. The summed E-state index contributed by atoms with van der Waals surface area (Å²) in [6.45, 7) is 0.941. The molecule has 148 valence electrons. The van der Waals surface area contributed by atoms with E-state index < -0.39 is 0 Å². The Morgan fingerprint density at radius 2 is 1.74 bits per heavy atom. The summed E-state index contributed by atoms with van der Waals surface area (Å²) in [4.78, 5) is 15.4. The molecule has 2 bridgehead atoms. The first-order valence-electron chi connectivity index (χ1n) is 10.2. The minimum Gasteiger partial charge on any atom is -0.497 e. The number of carbonyl (C=O) groups is 1. The molecule has 0 N–H and O–H groups in total. The van der Waals surface area contributed by atoms with Crippen LogP contribution in [0, 0.1) is 25.2 Å². The third kappa shape index (κ3) is 4.09. The van der Waals surface area contributed by atoms with Gasteiger partial charge in [-0.05, 0) is 68.1 Å². The Bertz CT molecular complexity index is 637. The van der Waals surface area contributed by atoms with E-state index in [0.29, 0.717) is 11.9 Å². The molecule has 2 aliphatic carbocycles. The van der Waals surface area contributed by atoms with Gasteiger partial charge in [0.05, 0.1) is 14.2 Å². The zero-order valence-corrected chi connectivity index (χ0v) is 16.8. The molecule has 27 heavy (non-hydrogen) atoms. The van der Waals surface area contributed by atoms with Crippen molar-refractivity contribution in [3.63, 3.8) is 0 Å². The molecule has 0 aromatic heterocycles. The summed E-state index contributed by atoms with van der Waals surface area (Å²) in [6.07, 6.45) is 9.75. The van der Waals surface area contributed by atoms with Gasteiger partial charge in [-0.25, -0.2) is 0 Å². The smallest absolute Gasteiger partial charge is 0.226 e. The van der Waals surface area contributed by atoms with Crippen LogP contribution in [0.4, 0.5) is 0 Å². The van der Waals surface area contributed by atoms with Crippen LogP contribution in [0.1, 0.15) is 50.5 Å². The zero-order chi connectivity index (χ0) is 18.1. The molecule has 1 aromatic carbocycles. The maximum absolute atomic E-state index is 13.1. The molecule has 1 aliphatic heterocycles. The van der Waals surface area contributed by atoms with Crippen molar-refractivity contribution < 1.29 is 14.3 Å². The van der Waals surface area contributed by atoms with E-state index in [4.69, 9.17) is 9.47 Å². The van der Waals surface area contributed by atoms with Crippen LogP contribution in [0.25, 0.3) is 0 Å². The maximum atomic E-state index is 13.1. The quantitative estimate of drug-likeness (QED) is 0.770. The summed E-state index contributed by atoms with van der Waals surface area (Å²) in [5, 5.41) is 0. The van der Waals surface area contributed by atoms with E-state index in [-0.39, 0.29) is 13.3 Å². The Balaban J connectivity index is 0.00000210. The lowest BCUT2D eigenvalue weighted by atomic mass is 9.69. The summed E-state index contributed by atoms with van der Waals surface area (Å²) in [7, 11) is 3.34. The molecule has 1 amide bonds. The highest BCUT2D eigenvalue weighted by Gasteiger charge is 2.42. The van der Waals surface area contributed by atoms with E-state index in [2.05, 4.69) is 4.90 Å². The molecule has 2 radical (unpaired) electrons. The Labute approximate surface area is 164 Å². The van der Waals surface area contributed by atoms with Gasteiger partial charge in [0, 0.05) is 24.6 Å². The topological polar surface area (TPSA) is 38.8 Å². The first kappa shape index (κ1) is 20.0. The summed E-state index contributed by atoms with van der Waals surface area (Å²) in [5.41, 5.74) is 1.13. The van der Waals surface area contributed by atoms with E-state index in [1.807, 2.05) is 18.2 Å². The van der Waals surface area contributed by atoms with Crippen LogP contribution in [0.15, 0.2) is 18.2 Å². The lowest BCUT2D eigenvalue weighted by Crippen LogP contribution is -2.46. The molecular formula is C23H33NO3. The number of fused-ring (bicyclic) bond motifs is 2. The number of amides is 1. The third-order valence-corrected chi connectivity index (χ3v) is 6.88. The van der Waals surface area contributed by atoms with E-state index >= 15 is 0 Å². The van der Waals surface area contributed by atoms with Gasteiger partial charge in [0.2, 0.25) is 5.91 Å². The van der Waals surface area contributed by atoms with Gasteiger partial charge < -0.3 is 14.4 Å². The van der Waals surface area contributed by atoms with Crippen molar-refractivity contribution in [2.75, 3.05) is 20.8 Å². The molecule has 1 heterocycles. The van der Waals surface area contributed by atoms with Crippen LogP contribution in [0.5, 0.6) is 11.5 Å². The fourth-order valence-electron chi connectivity index (χ4n) is 5.55. The number of benzene rings is 1. The largest absolute Gasteiger partial charge is 0.497 e. The number of methoxy groups -OCH3 is 2. The van der Waals surface area contributed by atoms with Crippen molar-refractivity contribution in [2.45, 2.75) is 57.4 Å². The summed E-state index contributed by atoms with van der Waals surface area (Å²) < 4.78 is 10.7. The lowest BCUT2D eigenvalue weighted by molar-refractivity contribution is -0.135. The second-order valence-corrected chi connectivity index (χ2v) is 8.38. The van der Waals surface area contributed by atoms with Gasteiger partial charge in [-0.1, -0.05) is 20.3 Å². The minimum absolute atomic E-state index is 0. The maximum Gasteiger partial charge on any atom is 0.226 e. The molecule has 3 aliphatic rings. The normalized spacial score (nSPS) is 30.0. The second kappa shape index (κ2) is 8.53. The molecule has 3 fully saturated rings. The molecule has 1 aromatic rings. The van der Waals surface area contributed by atoms with Crippen molar-refractivity contribution >= 4 is 5.91 Å². The second-order valence-electron chi connectivity index (χ2n) is 8.38. The van der Waals surface area contributed by atoms with Crippen molar-refractivity contribution in [3.05, 3.63) is 31.2 Å². The van der Waals surface area contributed by atoms with Gasteiger partial charge in [0.15, 0.2) is 0 Å². The van der Waals surface area contributed by atoms with E-state index in [1.54, 1.807) is 14.2 Å². The van der Waals surface area contributed by atoms with Crippen LogP contribution in [-0.2, 0) is 11.2 Å². The third-order valence-electron chi connectivity index (χ3n) is 6.88.